The van der Waals surface area contributed by atoms with Gasteiger partial charge in [-0.3, -0.25) is 4.98 Å². The van der Waals surface area contributed by atoms with Gasteiger partial charge in [0.25, 0.3) is 6.01 Å². The number of oxazole rings is 1. The lowest BCUT2D eigenvalue weighted by molar-refractivity contribution is 0.176. The Morgan fingerprint density at radius 2 is 2.26 bits per heavy atom. The summed E-state index contributed by atoms with van der Waals surface area (Å²) in [6, 6.07) is 9.90. The number of ether oxygens (including phenoxy) is 1. The molecule has 1 fully saturated rings. The van der Waals surface area contributed by atoms with Crippen molar-refractivity contribution in [2.45, 2.75) is 18.9 Å². The molecule has 0 bridgehead atoms. The maximum atomic E-state index is 6.01. The number of halogens is 1. The Labute approximate surface area is 138 Å². The van der Waals surface area contributed by atoms with E-state index < -0.39 is 0 Å². The molecule has 0 aliphatic carbocycles. The maximum Gasteiger partial charge on any atom is 0.298 e. The summed E-state index contributed by atoms with van der Waals surface area (Å²) >= 11 is 6.01. The number of rotatable bonds is 3. The SMILES string of the molecule is Clc1ccc2oc(N3CCCC(Oc4cccnc4)C3)nc2c1. The maximum absolute atomic E-state index is 6.01. The first-order chi connectivity index (χ1) is 11.3. The van der Waals surface area contributed by atoms with Crippen LogP contribution in [0.25, 0.3) is 11.1 Å². The molecular formula is C17H16ClN3O2. The van der Waals surface area contributed by atoms with Crippen LogP contribution >= 0.6 is 11.6 Å². The average Bonchev–Trinajstić information content (AvgIpc) is 2.99. The first-order valence-electron chi connectivity index (χ1n) is 7.66. The predicted octanol–water partition coefficient (Wildman–Crippen LogP) is 3.92. The molecule has 1 aliphatic heterocycles. The number of piperidine rings is 1. The van der Waals surface area contributed by atoms with Crippen LogP contribution in [0.4, 0.5) is 6.01 Å². The van der Waals surface area contributed by atoms with E-state index in [1.165, 1.54) is 0 Å². The van der Waals surface area contributed by atoms with Gasteiger partial charge in [0, 0.05) is 17.8 Å². The zero-order chi connectivity index (χ0) is 15.6. The second-order valence-corrected chi connectivity index (χ2v) is 6.06. The molecule has 5 nitrogen and oxygen atoms in total. The Balaban J connectivity index is 1.51. The van der Waals surface area contributed by atoms with Crippen molar-refractivity contribution in [1.29, 1.82) is 0 Å². The van der Waals surface area contributed by atoms with Gasteiger partial charge in [0.1, 0.15) is 17.4 Å². The van der Waals surface area contributed by atoms with Crippen LogP contribution in [0.15, 0.2) is 47.1 Å². The fourth-order valence-electron chi connectivity index (χ4n) is 2.84. The lowest BCUT2D eigenvalue weighted by Gasteiger charge is -2.31. The molecule has 118 valence electrons. The van der Waals surface area contributed by atoms with Gasteiger partial charge in [0.2, 0.25) is 0 Å². The van der Waals surface area contributed by atoms with Crippen molar-refractivity contribution in [3.63, 3.8) is 0 Å². The van der Waals surface area contributed by atoms with E-state index in [-0.39, 0.29) is 6.10 Å². The number of benzene rings is 1. The summed E-state index contributed by atoms with van der Waals surface area (Å²) in [6.07, 6.45) is 5.62. The minimum atomic E-state index is 0.103. The van der Waals surface area contributed by atoms with Crippen LogP contribution in [0, 0.1) is 0 Å². The first-order valence-corrected chi connectivity index (χ1v) is 8.03. The molecule has 4 rings (SSSR count). The van der Waals surface area contributed by atoms with E-state index in [9.17, 15) is 0 Å². The zero-order valence-electron chi connectivity index (χ0n) is 12.5. The van der Waals surface area contributed by atoms with Crippen molar-refractivity contribution in [2.24, 2.45) is 0 Å². The summed E-state index contributed by atoms with van der Waals surface area (Å²) < 4.78 is 11.9. The summed E-state index contributed by atoms with van der Waals surface area (Å²) in [5.41, 5.74) is 1.53. The first kappa shape index (κ1) is 14.3. The van der Waals surface area contributed by atoms with Crippen LogP contribution in [0.2, 0.25) is 5.02 Å². The van der Waals surface area contributed by atoms with E-state index in [1.54, 1.807) is 12.4 Å². The summed E-state index contributed by atoms with van der Waals surface area (Å²) in [5.74, 6) is 0.795. The molecule has 1 saturated heterocycles. The number of nitrogens with zero attached hydrogens (tertiary/aromatic N) is 3. The van der Waals surface area contributed by atoms with Crippen LogP contribution < -0.4 is 9.64 Å². The average molecular weight is 330 g/mol. The Morgan fingerprint density at radius 1 is 1.30 bits per heavy atom. The lowest BCUT2D eigenvalue weighted by atomic mass is 10.1. The molecule has 23 heavy (non-hydrogen) atoms. The molecule has 0 radical (unpaired) electrons. The van der Waals surface area contributed by atoms with Gasteiger partial charge in [-0.1, -0.05) is 11.6 Å². The minimum Gasteiger partial charge on any atom is -0.487 e. The second-order valence-electron chi connectivity index (χ2n) is 5.63. The standard InChI is InChI=1S/C17H16ClN3O2/c18-12-5-6-16-15(9-12)20-17(23-16)21-8-2-4-14(11-21)22-13-3-1-7-19-10-13/h1,3,5-7,9-10,14H,2,4,8,11H2. The minimum absolute atomic E-state index is 0.103. The van der Waals surface area contributed by atoms with Crippen molar-refractivity contribution in [1.82, 2.24) is 9.97 Å². The van der Waals surface area contributed by atoms with Crippen LogP contribution in [0.3, 0.4) is 0 Å². The third kappa shape index (κ3) is 3.10. The second kappa shape index (κ2) is 6.08. The molecule has 0 amide bonds. The van der Waals surface area contributed by atoms with Gasteiger partial charge >= 0.3 is 0 Å². The zero-order valence-corrected chi connectivity index (χ0v) is 13.2. The molecule has 1 atom stereocenters. The van der Waals surface area contributed by atoms with Gasteiger partial charge in [0.15, 0.2) is 5.58 Å². The van der Waals surface area contributed by atoms with Crippen molar-refractivity contribution in [3.05, 3.63) is 47.7 Å². The fraction of sp³-hybridized carbons (Fsp3) is 0.294. The quantitative estimate of drug-likeness (QED) is 0.729. The molecule has 3 heterocycles. The Hall–Kier alpha value is -2.27. The van der Waals surface area contributed by atoms with Crippen LogP contribution in [0.5, 0.6) is 5.75 Å². The highest BCUT2D eigenvalue weighted by Gasteiger charge is 2.24. The molecule has 2 aromatic heterocycles. The number of anilines is 1. The monoisotopic (exact) mass is 329 g/mol. The fourth-order valence-corrected chi connectivity index (χ4v) is 3.01. The highest BCUT2D eigenvalue weighted by atomic mass is 35.5. The van der Waals surface area contributed by atoms with Crippen LogP contribution in [-0.2, 0) is 0 Å². The Bertz CT molecular complexity index is 806. The molecular weight excluding hydrogens is 314 g/mol. The van der Waals surface area contributed by atoms with Gasteiger partial charge in [-0.15, -0.1) is 0 Å². The number of hydrogen-bond acceptors (Lipinski definition) is 5. The third-order valence-corrected chi connectivity index (χ3v) is 4.16. The van der Waals surface area contributed by atoms with E-state index in [0.29, 0.717) is 11.0 Å². The molecule has 1 aliphatic rings. The summed E-state index contributed by atoms with van der Waals surface area (Å²) in [6.45, 7) is 1.66. The number of aromatic nitrogens is 2. The van der Waals surface area contributed by atoms with Crippen molar-refractivity contribution >= 4 is 28.7 Å². The molecule has 1 aromatic carbocycles. The predicted molar refractivity (Wildman–Crippen MR) is 89.1 cm³/mol. The molecule has 1 unspecified atom stereocenters. The van der Waals surface area contributed by atoms with Crippen LogP contribution in [-0.4, -0.2) is 29.2 Å². The van der Waals surface area contributed by atoms with Gasteiger partial charge in [-0.2, -0.15) is 4.98 Å². The largest absolute Gasteiger partial charge is 0.487 e. The van der Waals surface area contributed by atoms with Crippen molar-refractivity contribution in [2.75, 3.05) is 18.0 Å². The van der Waals surface area contributed by atoms with Gasteiger partial charge in [-0.05, 0) is 43.2 Å². The molecule has 0 saturated carbocycles. The van der Waals surface area contributed by atoms with Gasteiger partial charge < -0.3 is 14.1 Å². The van der Waals surface area contributed by atoms with E-state index in [1.807, 2.05) is 30.3 Å². The summed E-state index contributed by atoms with van der Waals surface area (Å²) in [4.78, 5) is 10.8. The summed E-state index contributed by atoms with van der Waals surface area (Å²) in [7, 11) is 0. The summed E-state index contributed by atoms with van der Waals surface area (Å²) in [5, 5.41) is 0.661. The normalized spacial score (nSPS) is 18.3. The Morgan fingerprint density at radius 3 is 3.13 bits per heavy atom. The van der Waals surface area contributed by atoms with Gasteiger partial charge in [0.05, 0.1) is 12.7 Å². The Kier molecular flexibility index (Phi) is 3.79. The van der Waals surface area contributed by atoms with E-state index in [0.717, 1.165) is 42.8 Å². The van der Waals surface area contributed by atoms with Crippen molar-refractivity contribution in [3.8, 4) is 5.75 Å². The van der Waals surface area contributed by atoms with Crippen molar-refractivity contribution < 1.29 is 9.15 Å². The van der Waals surface area contributed by atoms with E-state index in [4.69, 9.17) is 20.8 Å². The van der Waals surface area contributed by atoms with E-state index >= 15 is 0 Å². The lowest BCUT2D eigenvalue weighted by Crippen LogP contribution is -2.41. The molecule has 6 heteroatoms. The number of pyridine rings is 1. The number of fused-ring (bicyclic) bond motifs is 1. The van der Waals surface area contributed by atoms with E-state index in [2.05, 4.69) is 14.9 Å². The smallest absolute Gasteiger partial charge is 0.298 e. The molecule has 3 aromatic rings. The molecule has 0 spiro atoms. The van der Waals surface area contributed by atoms with Gasteiger partial charge in [-0.25, -0.2) is 0 Å². The topological polar surface area (TPSA) is 51.4 Å². The highest BCUT2D eigenvalue weighted by Crippen LogP contribution is 2.27. The van der Waals surface area contributed by atoms with Crippen LogP contribution in [0.1, 0.15) is 12.8 Å². The molecule has 0 N–H and O–H groups in total. The highest BCUT2D eigenvalue weighted by molar-refractivity contribution is 6.31. The number of hydrogen-bond donors (Lipinski definition) is 0. The third-order valence-electron chi connectivity index (χ3n) is 3.92.